The normalized spacial score (nSPS) is 10.4. The molecule has 0 saturated heterocycles. The molecule has 0 bridgehead atoms. The molecule has 0 aliphatic carbocycles. The quantitative estimate of drug-likeness (QED) is 0.706. The van der Waals surface area contributed by atoms with E-state index < -0.39 is 0 Å². The van der Waals surface area contributed by atoms with Crippen molar-refractivity contribution in [3.63, 3.8) is 0 Å². The van der Waals surface area contributed by atoms with Crippen LogP contribution in [0.15, 0.2) is 53.3 Å². The van der Waals surface area contributed by atoms with Gasteiger partial charge in [-0.05, 0) is 48.7 Å². The van der Waals surface area contributed by atoms with Crippen LogP contribution in [0.2, 0.25) is 0 Å². The molecule has 1 heterocycles. The maximum Gasteiger partial charge on any atom is 0.266 e. The van der Waals surface area contributed by atoms with Gasteiger partial charge < -0.3 is 10.7 Å². The molecule has 0 saturated carbocycles. The molecule has 0 amide bonds. The highest BCUT2D eigenvalue weighted by Gasteiger charge is 2.14. The average molecular weight is 315 g/mol. The molecular formula is C20H17N3O. The number of nitrogen functional groups attached to an aromatic ring is 1. The molecule has 0 unspecified atom stereocenters. The van der Waals surface area contributed by atoms with Gasteiger partial charge in [-0.2, -0.15) is 5.26 Å². The number of rotatable bonds is 2. The minimum absolute atomic E-state index is 0.126. The first-order valence-corrected chi connectivity index (χ1v) is 7.60. The van der Waals surface area contributed by atoms with Gasteiger partial charge >= 0.3 is 0 Å². The molecule has 0 radical (unpaired) electrons. The standard InChI is InChI=1S/C20H17N3O/c1-12-3-8-16(13(2)9-12)17-10-19(23-20(24)18(17)11-21)14-4-6-15(22)7-5-14/h3-10H,22H2,1-2H3,(H,23,24). The topological polar surface area (TPSA) is 82.7 Å². The molecule has 0 aliphatic heterocycles. The number of nitrogens with two attached hydrogens (primary N) is 1. The van der Waals surface area contributed by atoms with E-state index >= 15 is 0 Å². The number of nitrogens with one attached hydrogen (secondary N) is 1. The van der Waals surface area contributed by atoms with Gasteiger partial charge in [-0.1, -0.05) is 35.9 Å². The number of aryl methyl sites for hydroxylation is 2. The minimum Gasteiger partial charge on any atom is -0.399 e. The maximum atomic E-state index is 12.4. The van der Waals surface area contributed by atoms with Gasteiger partial charge in [0.2, 0.25) is 0 Å². The van der Waals surface area contributed by atoms with Crippen LogP contribution in [0.25, 0.3) is 22.4 Å². The lowest BCUT2D eigenvalue weighted by Crippen LogP contribution is -2.13. The van der Waals surface area contributed by atoms with E-state index in [0.29, 0.717) is 16.9 Å². The highest BCUT2D eigenvalue weighted by molar-refractivity contribution is 5.77. The Morgan fingerprint density at radius 3 is 2.33 bits per heavy atom. The fourth-order valence-corrected chi connectivity index (χ4v) is 2.82. The van der Waals surface area contributed by atoms with Crippen LogP contribution >= 0.6 is 0 Å². The maximum absolute atomic E-state index is 12.4. The van der Waals surface area contributed by atoms with Crippen molar-refractivity contribution in [1.82, 2.24) is 4.98 Å². The molecule has 24 heavy (non-hydrogen) atoms. The number of aromatic amines is 1. The van der Waals surface area contributed by atoms with E-state index in [4.69, 9.17) is 5.73 Å². The third-order valence-electron chi connectivity index (χ3n) is 4.04. The van der Waals surface area contributed by atoms with Crippen molar-refractivity contribution in [1.29, 1.82) is 5.26 Å². The number of nitriles is 1. The van der Waals surface area contributed by atoms with Gasteiger partial charge in [0.1, 0.15) is 11.6 Å². The van der Waals surface area contributed by atoms with E-state index in [1.54, 1.807) is 12.1 Å². The first-order chi connectivity index (χ1) is 11.5. The third kappa shape index (κ3) is 2.80. The summed E-state index contributed by atoms with van der Waals surface area (Å²) in [5.74, 6) is 0. The number of nitrogens with zero attached hydrogens (tertiary/aromatic N) is 1. The predicted molar refractivity (Wildman–Crippen MR) is 96.5 cm³/mol. The lowest BCUT2D eigenvalue weighted by Gasteiger charge is -2.11. The fourth-order valence-electron chi connectivity index (χ4n) is 2.82. The SMILES string of the molecule is Cc1ccc(-c2cc(-c3ccc(N)cc3)[nH]c(=O)c2C#N)c(C)c1. The Labute approximate surface area is 140 Å². The molecule has 2 aromatic carbocycles. The molecule has 4 nitrogen and oxygen atoms in total. The van der Waals surface area contributed by atoms with Crippen molar-refractivity contribution < 1.29 is 0 Å². The Morgan fingerprint density at radius 2 is 1.71 bits per heavy atom. The summed E-state index contributed by atoms with van der Waals surface area (Å²) in [5, 5.41) is 9.42. The van der Waals surface area contributed by atoms with Crippen LogP contribution in [0, 0.1) is 25.2 Å². The fraction of sp³-hybridized carbons (Fsp3) is 0.100. The van der Waals surface area contributed by atoms with Gasteiger partial charge in [-0.25, -0.2) is 0 Å². The second kappa shape index (κ2) is 6.05. The smallest absolute Gasteiger partial charge is 0.266 e. The Balaban J connectivity index is 2.27. The van der Waals surface area contributed by atoms with Gasteiger partial charge in [0.15, 0.2) is 0 Å². The zero-order chi connectivity index (χ0) is 17.3. The van der Waals surface area contributed by atoms with Gasteiger partial charge in [-0.15, -0.1) is 0 Å². The molecule has 0 atom stereocenters. The van der Waals surface area contributed by atoms with E-state index in [9.17, 15) is 10.1 Å². The number of benzene rings is 2. The van der Waals surface area contributed by atoms with E-state index in [1.165, 1.54) is 0 Å². The lowest BCUT2D eigenvalue weighted by atomic mass is 9.94. The van der Waals surface area contributed by atoms with Crippen molar-refractivity contribution in [2.24, 2.45) is 0 Å². The highest BCUT2D eigenvalue weighted by atomic mass is 16.1. The molecule has 0 spiro atoms. The minimum atomic E-state index is -0.387. The summed E-state index contributed by atoms with van der Waals surface area (Å²) in [6.45, 7) is 3.99. The third-order valence-corrected chi connectivity index (χ3v) is 4.04. The van der Waals surface area contributed by atoms with Gasteiger partial charge in [0.25, 0.3) is 5.56 Å². The Morgan fingerprint density at radius 1 is 1.00 bits per heavy atom. The van der Waals surface area contributed by atoms with Crippen molar-refractivity contribution in [2.45, 2.75) is 13.8 Å². The Bertz CT molecular complexity index is 1010. The number of pyridine rings is 1. The molecule has 0 aliphatic rings. The van der Waals surface area contributed by atoms with Crippen LogP contribution in [0.3, 0.4) is 0 Å². The zero-order valence-electron chi connectivity index (χ0n) is 13.6. The van der Waals surface area contributed by atoms with Gasteiger partial charge in [0, 0.05) is 16.9 Å². The summed E-state index contributed by atoms with van der Waals surface area (Å²) in [6, 6.07) is 17.1. The summed E-state index contributed by atoms with van der Waals surface area (Å²) in [6.07, 6.45) is 0. The number of hydrogen-bond acceptors (Lipinski definition) is 3. The van der Waals surface area contributed by atoms with Crippen molar-refractivity contribution in [3.8, 4) is 28.5 Å². The van der Waals surface area contributed by atoms with E-state index in [-0.39, 0.29) is 11.1 Å². The summed E-state index contributed by atoms with van der Waals surface area (Å²) >= 11 is 0. The summed E-state index contributed by atoms with van der Waals surface area (Å²) in [5.41, 5.74) is 11.3. The van der Waals surface area contributed by atoms with Crippen LogP contribution < -0.4 is 11.3 Å². The molecule has 3 N–H and O–H groups in total. The molecule has 0 fully saturated rings. The van der Waals surface area contributed by atoms with Gasteiger partial charge in [-0.3, -0.25) is 4.79 Å². The largest absolute Gasteiger partial charge is 0.399 e. The van der Waals surface area contributed by atoms with Gasteiger partial charge in [0.05, 0.1) is 0 Å². The first-order valence-electron chi connectivity index (χ1n) is 7.60. The number of H-pyrrole nitrogens is 1. The summed E-state index contributed by atoms with van der Waals surface area (Å²) in [7, 11) is 0. The van der Waals surface area contributed by atoms with Crippen LogP contribution in [-0.2, 0) is 0 Å². The van der Waals surface area contributed by atoms with Crippen LogP contribution in [0.5, 0.6) is 0 Å². The van der Waals surface area contributed by atoms with Crippen LogP contribution in [0.4, 0.5) is 5.69 Å². The zero-order valence-corrected chi connectivity index (χ0v) is 13.6. The van der Waals surface area contributed by atoms with Crippen molar-refractivity contribution in [2.75, 3.05) is 5.73 Å². The first kappa shape index (κ1) is 15.6. The number of aromatic nitrogens is 1. The Kier molecular flexibility index (Phi) is 3.93. The van der Waals surface area contributed by atoms with E-state index in [0.717, 1.165) is 22.3 Å². The predicted octanol–water partition coefficient (Wildman–Crippen LogP) is 3.78. The molecule has 4 heteroatoms. The second-order valence-corrected chi connectivity index (χ2v) is 5.85. The lowest BCUT2D eigenvalue weighted by molar-refractivity contribution is 1.21. The molecule has 118 valence electrons. The highest BCUT2D eigenvalue weighted by Crippen LogP contribution is 2.29. The van der Waals surface area contributed by atoms with E-state index in [1.807, 2.05) is 56.3 Å². The molecule has 3 rings (SSSR count). The van der Waals surface area contributed by atoms with Crippen LogP contribution in [0.1, 0.15) is 16.7 Å². The summed E-state index contributed by atoms with van der Waals surface area (Å²) in [4.78, 5) is 15.2. The summed E-state index contributed by atoms with van der Waals surface area (Å²) < 4.78 is 0. The second-order valence-electron chi connectivity index (χ2n) is 5.85. The number of hydrogen-bond donors (Lipinski definition) is 2. The van der Waals surface area contributed by atoms with E-state index in [2.05, 4.69) is 4.98 Å². The van der Waals surface area contributed by atoms with Crippen molar-refractivity contribution in [3.05, 3.63) is 75.6 Å². The molecule has 1 aromatic heterocycles. The Hall–Kier alpha value is -3.32. The molecular weight excluding hydrogens is 298 g/mol. The van der Waals surface area contributed by atoms with Crippen LogP contribution in [-0.4, -0.2) is 4.98 Å². The monoisotopic (exact) mass is 315 g/mol. The van der Waals surface area contributed by atoms with Crippen molar-refractivity contribution >= 4 is 5.69 Å². The average Bonchev–Trinajstić information content (AvgIpc) is 2.55. The number of anilines is 1. The molecule has 3 aromatic rings.